The van der Waals surface area contributed by atoms with Gasteiger partial charge in [-0.3, -0.25) is 0 Å². The molecule has 0 heterocycles. The molecule has 1 fully saturated rings. The Hall–Kier alpha value is -0.500. The van der Waals surface area contributed by atoms with Crippen LogP contribution in [0.5, 0.6) is 0 Å². The van der Waals surface area contributed by atoms with E-state index in [-0.39, 0.29) is 11.5 Å². The molecule has 0 aromatic heterocycles. The van der Waals surface area contributed by atoms with E-state index in [1.807, 2.05) is 0 Å². The van der Waals surface area contributed by atoms with E-state index in [1.54, 1.807) is 7.11 Å². The van der Waals surface area contributed by atoms with E-state index in [0.29, 0.717) is 0 Å². The third kappa shape index (κ3) is 1.19. The lowest BCUT2D eigenvalue weighted by Crippen LogP contribution is -2.30. The highest BCUT2D eigenvalue weighted by Gasteiger charge is 2.45. The average molecular weight is 182 g/mol. The standard InChI is InChI=1S/C11H18O2/c1-11-7-3-4-9(13-2)8(11)5-6-10(11)12/h10,12H,3-7H2,1-2H3/t10-,11-/m0/s1. The molecule has 0 unspecified atom stereocenters. The van der Waals surface area contributed by atoms with Gasteiger partial charge in [-0.1, -0.05) is 6.92 Å². The summed E-state index contributed by atoms with van der Waals surface area (Å²) in [6.07, 6.45) is 5.14. The van der Waals surface area contributed by atoms with Crippen molar-refractivity contribution < 1.29 is 9.84 Å². The van der Waals surface area contributed by atoms with E-state index in [9.17, 15) is 5.11 Å². The fourth-order valence-electron chi connectivity index (χ4n) is 2.85. The van der Waals surface area contributed by atoms with Crippen molar-refractivity contribution in [1.82, 2.24) is 0 Å². The second-order valence-electron chi connectivity index (χ2n) is 4.43. The van der Waals surface area contributed by atoms with E-state index in [2.05, 4.69) is 6.92 Å². The maximum Gasteiger partial charge on any atom is 0.0953 e. The van der Waals surface area contributed by atoms with Gasteiger partial charge in [-0.25, -0.2) is 0 Å². The summed E-state index contributed by atoms with van der Waals surface area (Å²) in [6, 6.07) is 0. The molecule has 2 heteroatoms. The lowest BCUT2D eigenvalue weighted by molar-refractivity contribution is 0.0668. The van der Waals surface area contributed by atoms with Gasteiger partial charge in [-0.2, -0.15) is 0 Å². The molecule has 0 bridgehead atoms. The molecule has 0 radical (unpaired) electrons. The highest BCUT2D eigenvalue weighted by molar-refractivity contribution is 5.27. The quantitative estimate of drug-likeness (QED) is 0.674. The van der Waals surface area contributed by atoms with Crippen LogP contribution in [0.4, 0.5) is 0 Å². The van der Waals surface area contributed by atoms with Crippen LogP contribution in [0.2, 0.25) is 0 Å². The molecule has 0 amide bonds. The first kappa shape index (κ1) is 9.07. The second-order valence-corrected chi connectivity index (χ2v) is 4.43. The molecule has 0 aromatic rings. The number of rotatable bonds is 1. The van der Waals surface area contributed by atoms with E-state index >= 15 is 0 Å². The molecule has 2 atom stereocenters. The van der Waals surface area contributed by atoms with Crippen molar-refractivity contribution in [3.05, 3.63) is 11.3 Å². The number of allylic oxidation sites excluding steroid dienone is 1. The van der Waals surface area contributed by atoms with Crippen molar-refractivity contribution in [1.29, 1.82) is 0 Å². The SMILES string of the molecule is COC1=C2CC[C@H](O)[C@@]2(C)CCC1. The Morgan fingerprint density at radius 2 is 2.23 bits per heavy atom. The Bertz CT molecular complexity index is 244. The molecular weight excluding hydrogens is 164 g/mol. The van der Waals surface area contributed by atoms with Gasteiger partial charge in [-0.15, -0.1) is 0 Å². The zero-order valence-electron chi connectivity index (χ0n) is 8.47. The smallest absolute Gasteiger partial charge is 0.0953 e. The van der Waals surface area contributed by atoms with Crippen molar-refractivity contribution in [3.63, 3.8) is 0 Å². The number of ether oxygens (including phenoxy) is 1. The van der Waals surface area contributed by atoms with Gasteiger partial charge in [0.15, 0.2) is 0 Å². The number of aliphatic hydroxyl groups is 1. The van der Waals surface area contributed by atoms with Crippen LogP contribution in [0.15, 0.2) is 11.3 Å². The van der Waals surface area contributed by atoms with E-state index in [4.69, 9.17) is 4.74 Å². The summed E-state index contributed by atoms with van der Waals surface area (Å²) in [7, 11) is 1.75. The summed E-state index contributed by atoms with van der Waals surface area (Å²) < 4.78 is 5.39. The summed E-state index contributed by atoms with van der Waals surface area (Å²) in [5, 5.41) is 9.91. The summed E-state index contributed by atoms with van der Waals surface area (Å²) >= 11 is 0. The Kier molecular flexibility index (Phi) is 2.11. The van der Waals surface area contributed by atoms with Gasteiger partial charge >= 0.3 is 0 Å². The molecule has 2 rings (SSSR count). The predicted octanol–water partition coefficient (Wildman–Crippen LogP) is 2.23. The first-order valence-corrected chi connectivity index (χ1v) is 5.13. The van der Waals surface area contributed by atoms with Crippen LogP contribution in [0.1, 0.15) is 39.0 Å². The Morgan fingerprint density at radius 1 is 1.46 bits per heavy atom. The fourth-order valence-corrected chi connectivity index (χ4v) is 2.85. The second kappa shape index (κ2) is 3.02. The van der Waals surface area contributed by atoms with Crippen LogP contribution in [0, 0.1) is 5.41 Å². The van der Waals surface area contributed by atoms with Gasteiger partial charge in [0, 0.05) is 11.8 Å². The third-order valence-corrected chi connectivity index (χ3v) is 3.78. The maximum atomic E-state index is 9.91. The summed E-state index contributed by atoms with van der Waals surface area (Å²) in [6.45, 7) is 2.18. The molecule has 0 aliphatic heterocycles. The maximum absolute atomic E-state index is 9.91. The number of aliphatic hydroxyl groups excluding tert-OH is 1. The molecule has 0 saturated heterocycles. The minimum Gasteiger partial charge on any atom is -0.501 e. The van der Waals surface area contributed by atoms with Gasteiger partial charge in [0.1, 0.15) is 0 Å². The van der Waals surface area contributed by atoms with Crippen LogP contribution in [-0.2, 0) is 4.74 Å². The summed E-state index contributed by atoms with van der Waals surface area (Å²) in [5.74, 6) is 1.14. The predicted molar refractivity (Wildman–Crippen MR) is 51.2 cm³/mol. The first-order valence-electron chi connectivity index (χ1n) is 5.13. The number of methoxy groups -OCH3 is 1. The minimum absolute atomic E-state index is 0.0313. The lowest BCUT2D eigenvalue weighted by Gasteiger charge is -2.34. The molecule has 0 spiro atoms. The van der Waals surface area contributed by atoms with Gasteiger partial charge in [-0.05, 0) is 31.3 Å². The van der Waals surface area contributed by atoms with Crippen LogP contribution in [0.3, 0.4) is 0 Å². The molecule has 74 valence electrons. The monoisotopic (exact) mass is 182 g/mol. The van der Waals surface area contributed by atoms with E-state index < -0.39 is 0 Å². The van der Waals surface area contributed by atoms with Crippen molar-refractivity contribution >= 4 is 0 Å². The van der Waals surface area contributed by atoms with Crippen molar-refractivity contribution in [3.8, 4) is 0 Å². The minimum atomic E-state index is -0.145. The number of fused-ring (bicyclic) bond motifs is 1. The molecular formula is C11H18O2. The topological polar surface area (TPSA) is 29.5 Å². The van der Waals surface area contributed by atoms with Crippen LogP contribution in [-0.4, -0.2) is 18.3 Å². The van der Waals surface area contributed by atoms with Crippen LogP contribution in [0.25, 0.3) is 0 Å². The fraction of sp³-hybridized carbons (Fsp3) is 0.818. The zero-order valence-corrected chi connectivity index (χ0v) is 8.47. The van der Waals surface area contributed by atoms with Crippen LogP contribution < -0.4 is 0 Å². The molecule has 1 saturated carbocycles. The average Bonchev–Trinajstić information content (AvgIpc) is 2.43. The molecule has 0 aromatic carbocycles. The van der Waals surface area contributed by atoms with Crippen molar-refractivity contribution in [2.24, 2.45) is 5.41 Å². The Balaban J connectivity index is 2.38. The largest absolute Gasteiger partial charge is 0.501 e. The molecule has 2 nitrogen and oxygen atoms in total. The molecule has 13 heavy (non-hydrogen) atoms. The van der Waals surface area contributed by atoms with Gasteiger partial charge in [0.25, 0.3) is 0 Å². The number of hydrogen-bond donors (Lipinski definition) is 1. The highest BCUT2D eigenvalue weighted by Crippen LogP contribution is 2.51. The highest BCUT2D eigenvalue weighted by atomic mass is 16.5. The third-order valence-electron chi connectivity index (χ3n) is 3.78. The zero-order chi connectivity index (χ0) is 9.47. The Morgan fingerprint density at radius 3 is 2.92 bits per heavy atom. The van der Waals surface area contributed by atoms with E-state index in [0.717, 1.165) is 37.9 Å². The van der Waals surface area contributed by atoms with Gasteiger partial charge in [0.2, 0.25) is 0 Å². The molecule has 2 aliphatic carbocycles. The van der Waals surface area contributed by atoms with Crippen LogP contribution >= 0.6 is 0 Å². The first-order chi connectivity index (χ1) is 6.18. The number of hydrogen-bond acceptors (Lipinski definition) is 2. The van der Waals surface area contributed by atoms with E-state index in [1.165, 1.54) is 5.57 Å². The van der Waals surface area contributed by atoms with Crippen molar-refractivity contribution in [2.75, 3.05) is 7.11 Å². The Labute approximate surface area is 79.6 Å². The molecule has 1 N–H and O–H groups in total. The van der Waals surface area contributed by atoms with Gasteiger partial charge < -0.3 is 9.84 Å². The lowest BCUT2D eigenvalue weighted by atomic mass is 9.74. The van der Waals surface area contributed by atoms with Crippen molar-refractivity contribution in [2.45, 2.75) is 45.1 Å². The van der Waals surface area contributed by atoms with Gasteiger partial charge in [0.05, 0.1) is 19.0 Å². The molecule has 2 aliphatic rings. The summed E-state index contributed by atoms with van der Waals surface area (Å²) in [5.41, 5.74) is 1.41. The summed E-state index contributed by atoms with van der Waals surface area (Å²) in [4.78, 5) is 0. The normalized spacial score (nSPS) is 39.2.